The van der Waals surface area contributed by atoms with Gasteiger partial charge in [0.05, 0.1) is 16.9 Å². The number of aromatic nitrogens is 2. The number of esters is 1. The summed E-state index contributed by atoms with van der Waals surface area (Å²) in [5.41, 5.74) is 3.68. The summed E-state index contributed by atoms with van der Waals surface area (Å²) in [5, 5.41) is 7.46. The van der Waals surface area contributed by atoms with Gasteiger partial charge in [-0.3, -0.25) is 9.59 Å². The number of benzene rings is 2. The highest BCUT2D eigenvalue weighted by Gasteiger charge is 2.34. The molecule has 0 bridgehead atoms. The van der Waals surface area contributed by atoms with E-state index in [9.17, 15) is 14.0 Å². The minimum atomic E-state index is -0.466. The number of ether oxygens (including phenoxy) is 1. The number of nitrogens with one attached hydrogen (secondary N) is 1. The Kier molecular flexibility index (Phi) is 4.88. The molecule has 1 saturated carbocycles. The van der Waals surface area contributed by atoms with E-state index in [2.05, 4.69) is 5.32 Å². The summed E-state index contributed by atoms with van der Waals surface area (Å²) in [6.07, 6.45) is 2.02. The zero-order chi connectivity index (χ0) is 20.5. The molecule has 1 N–H and O–H groups in total. The van der Waals surface area contributed by atoms with E-state index in [1.165, 1.54) is 26.0 Å². The third-order valence-electron chi connectivity index (χ3n) is 4.64. The zero-order valence-electron chi connectivity index (χ0n) is 16.1. The van der Waals surface area contributed by atoms with Gasteiger partial charge < -0.3 is 10.1 Å². The lowest BCUT2D eigenvalue weighted by Gasteiger charge is -2.10. The number of halogens is 1. The standard InChI is InChI=1S/C22H20FN3O3/c1-13(27)24-18-9-5-15(6-10-18)20-21(16-3-4-16)25-26(22(20)29-14(2)28)19-11-7-17(23)8-12-19/h5-12,16H,3-4H2,1-2H3,(H,24,27). The van der Waals surface area contributed by atoms with Crippen molar-refractivity contribution in [1.29, 1.82) is 0 Å². The largest absolute Gasteiger partial charge is 0.407 e. The average Bonchev–Trinajstić information content (AvgIpc) is 3.45. The van der Waals surface area contributed by atoms with E-state index in [0.717, 1.165) is 29.7 Å². The van der Waals surface area contributed by atoms with E-state index in [-0.39, 0.29) is 17.6 Å². The SMILES string of the molecule is CC(=O)Nc1ccc(-c2c(C3CC3)nn(-c3ccc(F)cc3)c2OC(C)=O)cc1. The summed E-state index contributed by atoms with van der Waals surface area (Å²) in [6.45, 7) is 2.78. The van der Waals surface area contributed by atoms with Crippen LogP contribution in [0, 0.1) is 5.82 Å². The van der Waals surface area contributed by atoms with Gasteiger partial charge in [-0.1, -0.05) is 12.1 Å². The van der Waals surface area contributed by atoms with Crippen molar-refractivity contribution >= 4 is 17.6 Å². The Labute approximate surface area is 167 Å². The number of rotatable bonds is 5. The smallest absolute Gasteiger partial charge is 0.309 e. The Bertz CT molecular complexity index is 1070. The van der Waals surface area contributed by atoms with Crippen molar-refractivity contribution in [1.82, 2.24) is 9.78 Å². The lowest BCUT2D eigenvalue weighted by atomic mass is 10.0. The minimum absolute atomic E-state index is 0.152. The van der Waals surface area contributed by atoms with Crippen molar-refractivity contribution in [3.8, 4) is 22.7 Å². The van der Waals surface area contributed by atoms with Crippen LogP contribution in [0.2, 0.25) is 0 Å². The predicted octanol–water partition coefficient (Wildman–Crippen LogP) is 4.44. The monoisotopic (exact) mass is 393 g/mol. The summed E-state index contributed by atoms with van der Waals surface area (Å²) in [7, 11) is 0. The van der Waals surface area contributed by atoms with Crippen LogP contribution >= 0.6 is 0 Å². The topological polar surface area (TPSA) is 73.2 Å². The number of hydrogen-bond donors (Lipinski definition) is 1. The van der Waals surface area contributed by atoms with Gasteiger partial charge in [0.2, 0.25) is 11.8 Å². The first-order chi connectivity index (χ1) is 13.9. The molecule has 0 aliphatic heterocycles. The van der Waals surface area contributed by atoms with E-state index >= 15 is 0 Å². The highest BCUT2D eigenvalue weighted by molar-refractivity contribution is 5.89. The van der Waals surface area contributed by atoms with Crippen LogP contribution in [0.15, 0.2) is 48.5 Å². The molecule has 0 atom stereocenters. The highest BCUT2D eigenvalue weighted by Crippen LogP contribution is 2.48. The molecule has 1 amide bonds. The van der Waals surface area contributed by atoms with E-state index in [4.69, 9.17) is 9.84 Å². The number of nitrogens with zero attached hydrogens (tertiary/aromatic N) is 2. The Morgan fingerprint density at radius 3 is 2.28 bits per heavy atom. The molecule has 0 radical (unpaired) electrons. The van der Waals surface area contributed by atoms with E-state index in [0.29, 0.717) is 17.3 Å². The maximum atomic E-state index is 13.4. The van der Waals surface area contributed by atoms with Crippen LogP contribution < -0.4 is 10.1 Å². The van der Waals surface area contributed by atoms with Gasteiger partial charge in [0, 0.05) is 25.5 Å². The van der Waals surface area contributed by atoms with E-state index < -0.39 is 5.97 Å². The Morgan fingerprint density at radius 1 is 1.07 bits per heavy atom. The Balaban J connectivity index is 1.86. The molecule has 0 unspecified atom stereocenters. The molecular weight excluding hydrogens is 373 g/mol. The van der Waals surface area contributed by atoms with Crippen molar-refractivity contribution in [2.45, 2.75) is 32.6 Å². The van der Waals surface area contributed by atoms with Crippen molar-refractivity contribution in [3.05, 3.63) is 60.0 Å². The lowest BCUT2D eigenvalue weighted by Crippen LogP contribution is -2.08. The second kappa shape index (κ2) is 7.50. The number of hydrogen-bond acceptors (Lipinski definition) is 4. The first-order valence-electron chi connectivity index (χ1n) is 9.37. The molecule has 4 rings (SSSR count). The molecule has 1 fully saturated rings. The molecule has 3 aromatic rings. The first-order valence-corrected chi connectivity index (χ1v) is 9.37. The molecule has 6 nitrogen and oxygen atoms in total. The van der Waals surface area contributed by atoms with Crippen molar-refractivity contribution in [3.63, 3.8) is 0 Å². The molecule has 1 heterocycles. The van der Waals surface area contributed by atoms with Crippen LogP contribution in [0.5, 0.6) is 5.88 Å². The molecule has 1 aromatic heterocycles. The lowest BCUT2D eigenvalue weighted by molar-refractivity contribution is -0.132. The summed E-state index contributed by atoms with van der Waals surface area (Å²) in [5.74, 6) is -0.381. The zero-order valence-corrected chi connectivity index (χ0v) is 16.1. The van der Waals surface area contributed by atoms with Gasteiger partial charge in [-0.05, 0) is 54.8 Å². The number of anilines is 1. The second-order valence-corrected chi connectivity index (χ2v) is 7.08. The van der Waals surface area contributed by atoms with Crippen molar-refractivity contribution in [2.24, 2.45) is 0 Å². The van der Waals surface area contributed by atoms with Gasteiger partial charge in [0.1, 0.15) is 5.82 Å². The normalized spacial score (nSPS) is 13.2. The van der Waals surface area contributed by atoms with Gasteiger partial charge >= 0.3 is 5.97 Å². The van der Waals surface area contributed by atoms with Gasteiger partial charge in [-0.2, -0.15) is 9.78 Å². The minimum Gasteiger partial charge on any atom is -0.407 e. The third-order valence-corrected chi connectivity index (χ3v) is 4.64. The quantitative estimate of drug-likeness (QED) is 0.651. The summed E-state index contributed by atoms with van der Waals surface area (Å²) in [4.78, 5) is 23.1. The Hall–Kier alpha value is -3.48. The molecule has 1 aliphatic rings. The third kappa shape index (κ3) is 4.03. The maximum absolute atomic E-state index is 13.4. The number of carbonyl (C=O) groups is 2. The first kappa shape index (κ1) is 18.9. The van der Waals surface area contributed by atoms with Crippen LogP contribution in [0.1, 0.15) is 38.3 Å². The summed E-state index contributed by atoms with van der Waals surface area (Å²) in [6, 6.07) is 13.2. The molecule has 1 aliphatic carbocycles. The predicted molar refractivity (Wildman–Crippen MR) is 107 cm³/mol. The second-order valence-electron chi connectivity index (χ2n) is 7.08. The van der Waals surface area contributed by atoms with Crippen LogP contribution in [-0.4, -0.2) is 21.7 Å². The number of amides is 1. The fourth-order valence-corrected chi connectivity index (χ4v) is 3.24. The number of carbonyl (C=O) groups excluding carboxylic acids is 2. The average molecular weight is 393 g/mol. The summed E-state index contributed by atoms with van der Waals surface area (Å²) < 4.78 is 20.5. The van der Waals surface area contributed by atoms with E-state index in [1.807, 2.05) is 12.1 Å². The fourth-order valence-electron chi connectivity index (χ4n) is 3.24. The molecule has 2 aromatic carbocycles. The van der Waals surface area contributed by atoms with E-state index in [1.54, 1.807) is 28.9 Å². The van der Waals surface area contributed by atoms with Gasteiger partial charge in [0.15, 0.2) is 0 Å². The Morgan fingerprint density at radius 2 is 1.72 bits per heavy atom. The van der Waals surface area contributed by atoms with Gasteiger partial charge in [0.25, 0.3) is 0 Å². The highest BCUT2D eigenvalue weighted by atomic mass is 19.1. The summed E-state index contributed by atoms with van der Waals surface area (Å²) >= 11 is 0. The molecule has 0 saturated heterocycles. The molecule has 29 heavy (non-hydrogen) atoms. The molecule has 7 heteroatoms. The van der Waals surface area contributed by atoms with Crippen molar-refractivity contribution in [2.75, 3.05) is 5.32 Å². The van der Waals surface area contributed by atoms with Crippen LogP contribution in [0.25, 0.3) is 16.8 Å². The van der Waals surface area contributed by atoms with Gasteiger partial charge in [-0.15, -0.1) is 0 Å². The van der Waals surface area contributed by atoms with Crippen LogP contribution in [0.4, 0.5) is 10.1 Å². The van der Waals surface area contributed by atoms with Crippen LogP contribution in [-0.2, 0) is 9.59 Å². The fraction of sp³-hybridized carbons (Fsp3) is 0.227. The molecule has 148 valence electrons. The van der Waals surface area contributed by atoms with Gasteiger partial charge in [-0.25, -0.2) is 4.39 Å². The molecular formula is C22H20FN3O3. The molecule has 0 spiro atoms. The van der Waals surface area contributed by atoms with Crippen LogP contribution in [0.3, 0.4) is 0 Å². The maximum Gasteiger partial charge on any atom is 0.309 e. The van der Waals surface area contributed by atoms with Crippen molar-refractivity contribution < 1.29 is 18.7 Å².